The third kappa shape index (κ3) is 4.28. The molecule has 0 spiro atoms. The third-order valence-corrected chi connectivity index (χ3v) is 5.88. The second kappa shape index (κ2) is 9.11. The molecule has 0 radical (unpaired) electrons. The fourth-order valence-corrected chi connectivity index (χ4v) is 4.68. The minimum Gasteiger partial charge on any atom is -0.251 e. The molecule has 2 nitrogen and oxygen atoms in total. The normalized spacial score (nSPS) is 11.0. The van der Waals surface area contributed by atoms with Crippen molar-refractivity contribution in [3.63, 3.8) is 0 Å². The van der Waals surface area contributed by atoms with Crippen LogP contribution < -0.4 is 0 Å². The molecule has 5 heteroatoms. The van der Waals surface area contributed by atoms with Gasteiger partial charge in [0.2, 0.25) is 0 Å². The number of thioether (sulfide) groups is 2. The number of rotatable bonds is 8. The Hall–Kier alpha value is -1.72. The molecule has 0 aliphatic rings. The molecule has 130 valence electrons. The second-order valence-electron chi connectivity index (χ2n) is 5.54. The van der Waals surface area contributed by atoms with Crippen LogP contribution in [-0.4, -0.2) is 28.5 Å². The van der Waals surface area contributed by atoms with Gasteiger partial charge >= 0.3 is 0 Å². The fraction of sp³-hybridized carbons (Fsp3) is 0.250. The first-order valence-corrected chi connectivity index (χ1v) is 10.5. The molecule has 0 unspecified atom stereocenters. The van der Waals surface area contributed by atoms with Crippen LogP contribution in [0.5, 0.6) is 0 Å². The van der Waals surface area contributed by atoms with Crippen molar-refractivity contribution in [2.75, 3.05) is 18.7 Å². The molecule has 0 atom stereocenters. The highest BCUT2D eigenvalue weighted by Gasteiger charge is 2.20. The average molecular weight is 373 g/mol. The molecule has 0 amide bonds. The minimum absolute atomic E-state index is 0.245. The average Bonchev–Trinajstić information content (AvgIpc) is 3.05. The van der Waals surface area contributed by atoms with Gasteiger partial charge in [0, 0.05) is 5.56 Å². The van der Waals surface area contributed by atoms with Crippen LogP contribution in [0.2, 0.25) is 0 Å². The van der Waals surface area contributed by atoms with E-state index < -0.39 is 0 Å². The Morgan fingerprint density at radius 3 is 2.28 bits per heavy atom. The molecule has 2 aromatic carbocycles. The van der Waals surface area contributed by atoms with Crippen LogP contribution in [0.4, 0.5) is 4.39 Å². The summed E-state index contributed by atoms with van der Waals surface area (Å²) in [5.41, 5.74) is 3.17. The number of hydrogen-bond donors (Lipinski definition) is 0. The van der Waals surface area contributed by atoms with Crippen molar-refractivity contribution in [1.82, 2.24) is 9.78 Å². The summed E-state index contributed by atoms with van der Waals surface area (Å²) in [6, 6.07) is 20.5. The zero-order chi connectivity index (χ0) is 17.5. The molecular formula is C20H21FN2S2. The quantitative estimate of drug-likeness (QED) is 0.351. The molecule has 1 aromatic heterocycles. The maximum Gasteiger partial charge on any atom is 0.114 e. The molecule has 1 heterocycles. The van der Waals surface area contributed by atoms with Gasteiger partial charge in [0.15, 0.2) is 0 Å². The van der Waals surface area contributed by atoms with Gasteiger partial charge in [-0.15, -0.1) is 23.5 Å². The van der Waals surface area contributed by atoms with Crippen LogP contribution in [0.15, 0.2) is 70.6 Å². The molecule has 0 saturated carbocycles. The van der Waals surface area contributed by atoms with E-state index >= 15 is 0 Å². The van der Waals surface area contributed by atoms with E-state index in [9.17, 15) is 4.39 Å². The standard InChI is InChI=1S/C20H21FN2S2/c1-24-20-19(25-15-9-8-14-21)18(16-10-4-2-5-11-16)22-23(20)17-12-6-3-7-13-17/h2-7,10-13H,8-9,14-15H2,1H3. The number of nitrogens with zero attached hydrogens (tertiary/aromatic N) is 2. The summed E-state index contributed by atoms with van der Waals surface area (Å²) >= 11 is 3.48. The second-order valence-corrected chi connectivity index (χ2v) is 7.45. The molecule has 0 bridgehead atoms. The fourth-order valence-electron chi connectivity index (χ4n) is 2.60. The van der Waals surface area contributed by atoms with Crippen LogP contribution >= 0.6 is 23.5 Å². The maximum absolute atomic E-state index is 12.4. The summed E-state index contributed by atoms with van der Waals surface area (Å²) in [5, 5.41) is 6.06. The molecule has 0 fully saturated rings. The SMILES string of the molecule is CSc1c(SCCCCF)c(-c2ccccc2)nn1-c1ccccc1. The summed E-state index contributed by atoms with van der Waals surface area (Å²) < 4.78 is 14.4. The molecule has 3 aromatic rings. The van der Waals surface area contributed by atoms with E-state index in [4.69, 9.17) is 5.10 Å². The highest BCUT2D eigenvalue weighted by atomic mass is 32.2. The van der Waals surface area contributed by atoms with E-state index in [1.54, 1.807) is 23.5 Å². The van der Waals surface area contributed by atoms with Crippen molar-refractivity contribution in [2.45, 2.75) is 22.8 Å². The van der Waals surface area contributed by atoms with Gasteiger partial charge in [-0.3, -0.25) is 4.39 Å². The predicted octanol–water partition coefficient (Wildman–Crippen LogP) is 6.10. The molecular weight excluding hydrogens is 351 g/mol. The first-order chi connectivity index (χ1) is 12.3. The molecule has 25 heavy (non-hydrogen) atoms. The summed E-state index contributed by atoms with van der Waals surface area (Å²) in [7, 11) is 0. The van der Waals surface area contributed by atoms with Crippen LogP contribution in [0.1, 0.15) is 12.8 Å². The van der Waals surface area contributed by atoms with Crippen molar-refractivity contribution in [1.29, 1.82) is 0 Å². The number of benzene rings is 2. The van der Waals surface area contributed by atoms with Gasteiger partial charge in [0.1, 0.15) is 10.7 Å². The lowest BCUT2D eigenvalue weighted by Crippen LogP contribution is -1.97. The van der Waals surface area contributed by atoms with Gasteiger partial charge in [-0.2, -0.15) is 5.10 Å². The molecule has 3 rings (SSSR count). The molecule has 0 aliphatic carbocycles. The molecule has 0 N–H and O–H groups in total. The Kier molecular flexibility index (Phi) is 6.59. The molecule has 0 saturated heterocycles. The zero-order valence-electron chi connectivity index (χ0n) is 14.2. The Bertz CT molecular complexity index is 788. The lowest BCUT2D eigenvalue weighted by molar-refractivity contribution is 0.470. The van der Waals surface area contributed by atoms with Crippen molar-refractivity contribution in [3.05, 3.63) is 60.7 Å². The maximum atomic E-state index is 12.4. The van der Waals surface area contributed by atoms with Gasteiger partial charge in [-0.05, 0) is 37.0 Å². The Morgan fingerprint density at radius 2 is 1.64 bits per heavy atom. The predicted molar refractivity (Wildman–Crippen MR) is 107 cm³/mol. The van der Waals surface area contributed by atoms with Gasteiger partial charge in [-0.1, -0.05) is 48.5 Å². The first kappa shape index (κ1) is 18.1. The smallest absolute Gasteiger partial charge is 0.114 e. The van der Waals surface area contributed by atoms with Crippen molar-refractivity contribution < 1.29 is 4.39 Å². The Morgan fingerprint density at radius 1 is 0.960 bits per heavy atom. The van der Waals surface area contributed by atoms with E-state index in [1.165, 1.54) is 4.90 Å². The highest BCUT2D eigenvalue weighted by molar-refractivity contribution is 8.02. The van der Waals surface area contributed by atoms with E-state index in [1.807, 2.05) is 41.1 Å². The van der Waals surface area contributed by atoms with Gasteiger partial charge < -0.3 is 0 Å². The Labute approximate surface area is 156 Å². The number of hydrogen-bond acceptors (Lipinski definition) is 3. The van der Waals surface area contributed by atoms with Crippen LogP contribution in [-0.2, 0) is 0 Å². The number of unbranched alkanes of at least 4 members (excludes halogenated alkanes) is 1. The monoisotopic (exact) mass is 372 g/mol. The summed E-state index contributed by atoms with van der Waals surface area (Å²) in [6.07, 6.45) is 3.58. The largest absolute Gasteiger partial charge is 0.251 e. The van der Waals surface area contributed by atoms with E-state index in [2.05, 4.69) is 30.5 Å². The third-order valence-electron chi connectivity index (χ3n) is 3.82. The van der Waals surface area contributed by atoms with E-state index in [0.717, 1.165) is 34.1 Å². The number of alkyl halides is 1. The number of halogens is 1. The van der Waals surface area contributed by atoms with Gasteiger partial charge in [-0.25, -0.2) is 4.68 Å². The van der Waals surface area contributed by atoms with E-state index in [0.29, 0.717) is 6.42 Å². The molecule has 0 aliphatic heterocycles. The van der Waals surface area contributed by atoms with Crippen LogP contribution in [0.25, 0.3) is 16.9 Å². The Balaban J connectivity index is 2.04. The first-order valence-electron chi connectivity index (χ1n) is 8.31. The van der Waals surface area contributed by atoms with Crippen molar-refractivity contribution in [3.8, 4) is 16.9 Å². The number of para-hydroxylation sites is 1. The minimum atomic E-state index is -0.245. The van der Waals surface area contributed by atoms with Crippen LogP contribution in [0, 0.1) is 0 Å². The summed E-state index contributed by atoms with van der Waals surface area (Å²) in [6.45, 7) is -0.245. The van der Waals surface area contributed by atoms with Crippen molar-refractivity contribution in [2.24, 2.45) is 0 Å². The summed E-state index contributed by atoms with van der Waals surface area (Å²) in [5.74, 6) is 0.901. The lowest BCUT2D eigenvalue weighted by atomic mass is 10.2. The van der Waals surface area contributed by atoms with Gasteiger partial charge in [0.25, 0.3) is 0 Å². The number of aromatic nitrogens is 2. The lowest BCUT2D eigenvalue weighted by Gasteiger charge is -2.07. The highest BCUT2D eigenvalue weighted by Crippen LogP contribution is 2.39. The topological polar surface area (TPSA) is 17.8 Å². The van der Waals surface area contributed by atoms with Crippen molar-refractivity contribution >= 4 is 23.5 Å². The van der Waals surface area contributed by atoms with Crippen LogP contribution in [0.3, 0.4) is 0 Å². The zero-order valence-corrected chi connectivity index (χ0v) is 15.8. The van der Waals surface area contributed by atoms with E-state index in [-0.39, 0.29) is 6.67 Å². The van der Waals surface area contributed by atoms with Gasteiger partial charge in [0.05, 0.1) is 17.3 Å². The summed E-state index contributed by atoms with van der Waals surface area (Å²) in [4.78, 5) is 1.18.